The van der Waals surface area contributed by atoms with Gasteiger partial charge in [-0.15, -0.1) is 0 Å². The number of hydrogen-bond donors (Lipinski definition) is 0. The van der Waals surface area contributed by atoms with Crippen molar-refractivity contribution in [2.45, 2.75) is 38.1 Å². The van der Waals surface area contributed by atoms with E-state index < -0.39 is 17.8 Å². The molecule has 7 nitrogen and oxygen atoms in total. The molecule has 1 saturated heterocycles. The maximum absolute atomic E-state index is 13.7. The van der Waals surface area contributed by atoms with Gasteiger partial charge in [-0.25, -0.2) is 4.98 Å². The molecule has 1 fully saturated rings. The molecule has 0 aromatic carbocycles. The van der Waals surface area contributed by atoms with Gasteiger partial charge in [0.05, 0.1) is 19.3 Å². The summed E-state index contributed by atoms with van der Waals surface area (Å²) in [4.78, 5) is 24.9. The van der Waals surface area contributed by atoms with Gasteiger partial charge in [0, 0.05) is 31.9 Å². The Kier molecular flexibility index (Phi) is 5.63. The molecule has 0 bridgehead atoms. The number of aromatic nitrogens is 3. The van der Waals surface area contributed by atoms with E-state index in [-0.39, 0.29) is 31.5 Å². The summed E-state index contributed by atoms with van der Waals surface area (Å²) in [7, 11) is 0. The third-order valence-corrected chi connectivity index (χ3v) is 5.60. The fraction of sp³-hybridized carbons (Fsp3) is 0.526. The lowest BCUT2D eigenvalue weighted by molar-refractivity contribution is -0.171. The molecule has 2 aliphatic rings. The van der Waals surface area contributed by atoms with E-state index in [2.05, 4.69) is 9.97 Å². The van der Waals surface area contributed by atoms with E-state index in [9.17, 15) is 18.0 Å². The Balaban J connectivity index is 1.78. The number of fused-ring (bicyclic) bond motifs is 1. The highest BCUT2D eigenvalue weighted by Crippen LogP contribution is 2.38. The molecule has 2 atom stereocenters. The second-order valence-corrected chi connectivity index (χ2v) is 7.88. The van der Waals surface area contributed by atoms with Crippen LogP contribution in [0.15, 0.2) is 29.2 Å². The van der Waals surface area contributed by atoms with Crippen molar-refractivity contribution in [1.29, 1.82) is 0 Å². The summed E-state index contributed by atoms with van der Waals surface area (Å²) in [6.07, 6.45) is -3.24. The number of nitrogens with zero attached hydrogens (tertiary/aromatic N) is 5. The molecule has 0 aliphatic carbocycles. The van der Waals surface area contributed by atoms with Gasteiger partial charge in [0.25, 0.3) is 5.56 Å². The molecule has 4 rings (SSSR count). The van der Waals surface area contributed by atoms with Crippen molar-refractivity contribution in [2.75, 3.05) is 36.1 Å². The van der Waals surface area contributed by atoms with Crippen molar-refractivity contribution in [1.82, 2.24) is 14.5 Å². The van der Waals surface area contributed by atoms with Crippen LogP contribution >= 0.6 is 11.6 Å². The minimum Gasteiger partial charge on any atom is -0.377 e. The van der Waals surface area contributed by atoms with E-state index in [1.54, 1.807) is 17.0 Å². The molecular formula is C19H21ClF3N5O2. The number of morpholine rings is 1. The zero-order chi connectivity index (χ0) is 21.5. The molecule has 0 spiro atoms. The molecular weight excluding hydrogens is 423 g/mol. The van der Waals surface area contributed by atoms with Crippen molar-refractivity contribution in [3.05, 3.63) is 45.5 Å². The molecule has 2 aromatic heterocycles. The monoisotopic (exact) mass is 443 g/mol. The van der Waals surface area contributed by atoms with Crippen LogP contribution in [0.3, 0.4) is 0 Å². The molecule has 1 unspecified atom stereocenters. The molecule has 0 radical (unpaired) electrons. The number of pyridine rings is 1. The summed E-state index contributed by atoms with van der Waals surface area (Å²) in [6, 6.07) is 2.63. The van der Waals surface area contributed by atoms with E-state index in [0.717, 1.165) is 10.1 Å². The molecule has 4 heterocycles. The number of rotatable bonds is 3. The van der Waals surface area contributed by atoms with E-state index in [1.165, 1.54) is 12.3 Å². The summed E-state index contributed by atoms with van der Waals surface area (Å²) in [6.45, 7) is 3.74. The molecule has 0 N–H and O–H groups in total. The average molecular weight is 444 g/mol. The second-order valence-electron chi connectivity index (χ2n) is 7.49. The van der Waals surface area contributed by atoms with Crippen molar-refractivity contribution in [2.24, 2.45) is 0 Å². The van der Waals surface area contributed by atoms with Gasteiger partial charge < -0.3 is 14.5 Å². The summed E-state index contributed by atoms with van der Waals surface area (Å²) in [5.41, 5.74) is 0.0554. The fourth-order valence-corrected chi connectivity index (χ4v) is 4.12. The highest BCUT2D eigenvalue weighted by Gasteiger charge is 2.45. The normalized spacial score (nSPS) is 22.2. The standard InChI is InChI=1S/C19H21ClF3N5O2/c1-12-11-30-7-6-27(12)16-9-17(29)28-14(19(21,22)23)3-5-26(18(28)25-16)10-13-2-4-24-15(20)8-13/h2,4,8-9,12,14H,3,5-7,10-11H2,1H3/t12-,14?/m1/s1. The van der Waals surface area contributed by atoms with E-state index in [0.29, 0.717) is 30.7 Å². The lowest BCUT2D eigenvalue weighted by Gasteiger charge is -2.39. The molecule has 0 saturated carbocycles. The maximum atomic E-state index is 13.7. The molecule has 2 aromatic rings. The van der Waals surface area contributed by atoms with Crippen molar-refractivity contribution < 1.29 is 17.9 Å². The van der Waals surface area contributed by atoms with Crippen molar-refractivity contribution in [3.63, 3.8) is 0 Å². The summed E-state index contributed by atoms with van der Waals surface area (Å²) >= 11 is 5.95. The quantitative estimate of drug-likeness (QED) is 0.679. The van der Waals surface area contributed by atoms with Gasteiger partial charge in [-0.05, 0) is 31.0 Å². The van der Waals surface area contributed by atoms with Crippen LogP contribution in [-0.2, 0) is 11.3 Å². The first-order valence-electron chi connectivity index (χ1n) is 9.64. The topological polar surface area (TPSA) is 63.5 Å². The summed E-state index contributed by atoms with van der Waals surface area (Å²) in [5.74, 6) is 0.375. The number of ether oxygens (including phenoxy) is 1. The molecule has 30 heavy (non-hydrogen) atoms. The Morgan fingerprint density at radius 2 is 2.10 bits per heavy atom. The maximum Gasteiger partial charge on any atom is 0.409 e. The van der Waals surface area contributed by atoms with Crippen LogP contribution < -0.4 is 15.4 Å². The smallest absolute Gasteiger partial charge is 0.377 e. The number of halogens is 4. The van der Waals surface area contributed by atoms with E-state index in [4.69, 9.17) is 16.3 Å². The van der Waals surface area contributed by atoms with Crippen LogP contribution in [0.5, 0.6) is 0 Å². The van der Waals surface area contributed by atoms with Crippen LogP contribution in [0.25, 0.3) is 0 Å². The van der Waals surface area contributed by atoms with Gasteiger partial charge in [0.2, 0.25) is 5.95 Å². The molecule has 162 valence electrons. The Labute approximate surface area is 176 Å². The van der Waals surface area contributed by atoms with Crippen LogP contribution in [-0.4, -0.2) is 53.1 Å². The summed E-state index contributed by atoms with van der Waals surface area (Å²) in [5, 5.41) is 0.291. The van der Waals surface area contributed by atoms with Gasteiger partial charge in [0.15, 0.2) is 0 Å². The number of anilines is 2. The lowest BCUT2D eigenvalue weighted by atomic mass is 10.1. The van der Waals surface area contributed by atoms with Crippen LogP contribution in [0.1, 0.15) is 24.9 Å². The average Bonchev–Trinajstić information content (AvgIpc) is 2.68. The minimum absolute atomic E-state index is 0.0118. The predicted molar refractivity (Wildman–Crippen MR) is 106 cm³/mol. The number of alkyl halides is 3. The van der Waals surface area contributed by atoms with Crippen LogP contribution in [0.4, 0.5) is 24.9 Å². The first kappa shape index (κ1) is 20.9. The van der Waals surface area contributed by atoms with Crippen molar-refractivity contribution >= 4 is 23.4 Å². The van der Waals surface area contributed by atoms with E-state index >= 15 is 0 Å². The Hall–Kier alpha value is -2.33. The Morgan fingerprint density at radius 3 is 2.80 bits per heavy atom. The second kappa shape index (κ2) is 8.07. The zero-order valence-corrected chi connectivity index (χ0v) is 17.0. The molecule has 11 heteroatoms. The highest BCUT2D eigenvalue weighted by atomic mass is 35.5. The van der Waals surface area contributed by atoms with Gasteiger partial charge in [0.1, 0.15) is 17.0 Å². The van der Waals surface area contributed by atoms with Gasteiger partial charge in [-0.2, -0.15) is 18.2 Å². The van der Waals surface area contributed by atoms with Gasteiger partial charge in [-0.1, -0.05) is 11.6 Å². The SMILES string of the molecule is C[C@@H]1COCCN1c1cc(=O)n2c(n1)N(Cc1ccnc(Cl)c1)CCC2C(F)(F)F. The zero-order valence-electron chi connectivity index (χ0n) is 16.3. The lowest BCUT2D eigenvalue weighted by Crippen LogP contribution is -2.48. The Morgan fingerprint density at radius 1 is 1.30 bits per heavy atom. The van der Waals surface area contributed by atoms with Crippen molar-refractivity contribution in [3.8, 4) is 0 Å². The summed E-state index contributed by atoms with van der Waals surface area (Å²) < 4.78 is 47.2. The third-order valence-electron chi connectivity index (χ3n) is 5.39. The molecule has 0 amide bonds. The van der Waals surface area contributed by atoms with E-state index in [1.807, 2.05) is 11.8 Å². The Bertz CT molecular complexity index is 983. The largest absolute Gasteiger partial charge is 0.409 e. The number of hydrogen-bond acceptors (Lipinski definition) is 6. The first-order chi connectivity index (χ1) is 14.2. The minimum atomic E-state index is -4.54. The van der Waals surface area contributed by atoms with Crippen LogP contribution in [0.2, 0.25) is 5.15 Å². The first-order valence-corrected chi connectivity index (χ1v) is 10.0. The third kappa shape index (κ3) is 4.11. The highest BCUT2D eigenvalue weighted by molar-refractivity contribution is 6.29. The molecule has 2 aliphatic heterocycles. The fourth-order valence-electron chi connectivity index (χ4n) is 3.93. The van der Waals surface area contributed by atoms with Gasteiger partial charge in [-0.3, -0.25) is 9.36 Å². The predicted octanol–water partition coefficient (Wildman–Crippen LogP) is 3.03. The van der Waals surface area contributed by atoms with Crippen LogP contribution in [0, 0.1) is 0 Å². The van der Waals surface area contributed by atoms with Gasteiger partial charge >= 0.3 is 6.18 Å².